The van der Waals surface area contributed by atoms with Crippen LogP contribution in [-0.2, 0) is 4.74 Å². The second-order valence-electron chi connectivity index (χ2n) is 9.40. The monoisotopic (exact) mass is 615 g/mol. The van der Waals surface area contributed by atoms with Crippen molar-refractivity contribution in [2.24, 2.45) is 0 Å². The van der Waals surface area contributed by atoms with Crippen molar-refractivity contribution in [3.8, 4) is 30.3 Å². The first-order valence-electron chi connectivity index (χ1n) is 10.8. The Morgan fingerprint density at radius 3 is 2.19 bits per heavy atom. The Hall–Kier alpha value is -3.59. The summed E-state index contributed by atoms with van der Waals surface area (Å²) >= 11 is 0.670. The van der Waals surface area contributed by atoms with Crippen molar-refractivity contribution in [3.63, 3.8) is 0 Å². The van der Waals surface area contributed by atoms with Crippen LogP contribution in [0.1, 0.15) is 34.0 Å². The van der Waals surface area contributed by atoms with Crippen LogP contribution < -0.4 is 2.89 Å². The van der Waals surface area contributed by atoms with Gasteiger partial charge in [0.15, 0.2) is 11.3 Å². The van der Waals surface area contributed by atoms with Gasteiger partial charge in [0.25, 0.3) is 0 Å². The van der Waals surface area contributed by atoms with E-state index in [-0.39, 0.29) is 16.9 Å². The Morgan fingerprint density at radius 1 is 0.944 bits per heavy atom. The third-order valence-electron chi connectivity index (χ3n) is 5.39. The maximum atomic E-state index is 9.83. The van der Waals surface area contributed by atoms with Crippen LogP contribution in [0.15, 0.2) is 46.8 Å². The number of nitrogens with zero attached hydrogens (tertiary/aromatic N) is 5. The number of ether oxygens (including phenoxy) is 1. The second-order valence-corrected chi connectivity index (χ2v) is 27.0. The Balaban J connectivity index is 1.99. The van der Waals surface area contributed by atoms with Gasteiger partial charge in [0.05, 0.1) is 0 Å². The molecule has 3 rings (SSSR count). The molecule has 0 aromatic carbocycles. The van der Waals surface area contributed by atoms with Gasteiger partial charge >= 0.3 is 160 Å². The van der Waals surface area contributed by atoms with Crippen molar-refractivity contribution in [1.29, 1.82) is 26.3 Å². The van der Waals surface area contributed by atoms with Gasteiger partial charge in [-0.15, -0.1) is 0 Å². The summed E-state index contributed by atoms with van der Waals surface area (Å²) in [5.74, 6) is -0.00258. The third-order valence-corrected chi connectivity index (χ3v) is 17.0. The second kappa shape index (κ2) is 10.6. The Kier molecular flexibility index (Phi) is 7.93. The molecule has 0 saturated carbocycles. The average Bonchev–Trinajstić information content (AvgIpc) is 3.52. The van der Waals surface area contributed by atoms with Crippen molar-refractivity contribution in [1.82, 2.24) is 0 Å². The van der Waals surface area contributed by atoms with Crippen LogP contribution in [0.5, 0.6) is 0 Å². The molecule has 0 aliphatic carbocycles. The van der Waals surface area contributed by atoms with Gasteiger partial charge in [-0.2, -0.15) is 15.8 Å². The summed E-state index contributed by atoms with van der Waals surface area (Å²) in [6.07, 6.45) is 5.36. The number of allylic oxidation sites excluding steroid dienone is 3. The molecule has 0 fully saturated rings. The number of rotatable bonds is 5. The number of hydrogen-bond donors (Lipinski definition) is 0. The van der Waals surface area contributed by atoms with Crippen LogP contribution in [0.25, 0.3) is 17.7 Å². The van der Waals surface area contributed by atoms with Gasteiger partial charge < -0.3 is 4.74 Å². The zero-order chi connectivity index (χ0) is 26.7. The molecule has 0 N–H and O–H groups in total. The molecule has 3 heterocycles. The molecule has 0 spiro atoms. The number of nitriles is 5. The van der Waals surface area contributed by atoms with E-state index in [1.54, 1.807) is 49.5 Å². The molecule has 0 bridgehead atoms. The topological polar surface area (TPSA) is 128 Å². The molecule has 9 heteroatoms. The average molecular weight is 614 g/mol. The van der Waals surface area contributed by atoms with Crippen LogP contribution in [0.2, 0.25) is 14.8 Å². The Labute approximate surface area is 223 Å². The third kappa shape index (κ3) is 5.46. The van der Waals surface area contributed by atoms with Gasteiger partial charge in [0.1, 0.15) is 18.2 Å². The number of hydrogen-bond acceptors (Lipinski definition) is 8. The molecule has 176 valence electrons. The predicted octanol–water partition coefficient (Wildman–Crippen LogP) is 6.23. The summed E-state index contributed by atoms with van der Waals surface area (Å²) in [7, 11) is 0. The summed E-state index contributed by atoms with van der Waals surface area (Å²) in [5.41, 5.74) is 0.666. The van der Waals surface area contributed by atoms with E-state index >= 15 is 0 Å². The van der Waals surface area contributed by atoms with Crippen molar-refractivity contribution in [2.75, 3.05) is 0 Å². The fourth-order valence-electron chi connectivity index (χ4n) is 3.49. The van der Waals surface area contributed by atoms with Crippen LogP contribution in [0.4, 0.5) is 0 Å². The fourth-order valence-corrected chi connectivity index (χ4v) is 10.7. The normalized spacial score (nSPS) is 15.0. The first kappa shape index (κ1) is 27.0. The Bertz CT molecular complexity index is 1560. The summed E-state index contributed by atoms with van der Waals surface area (Å²) in [5, 5.41) is 47.5. The van der Waals surface area contributed by atoms with Crippen LogP contribution in [0.3, 0.4) is 0 Å². The minimum atomic E-state index is -2.35. The molecule has 0 radical (unpaired) electrons. The molecule has 6 nitrogen and oxygen atoms in total. The van der Waals surface area contributed by atoms with E-state index < -0.39 is 24.0 Å². The van der Waals surface area contributed by atoms with E-state index in [1.807, 2.05) is 24.3 Å². The van der Waals surface area contributed by atoms with Gasteiger partial charge in [-0.1, -0.05) is 0 Å². The molecular formula is C27H21N5OS2Sn. The summed E-state index contributed by atoms with van der Waals surface area (Å²) in [4.78, 5) is 9.30. The van der Waals surface area contributed by atoms with E-state index in [0.29, 0.717) is 16.7 Å². The van der Waals surface area contributed by atoms with E-state index in [2.05, 4.69) is 33.0 Å². The standard InChI is InChI=1S/C24H12N5OS2.3CH3.Sn/c1-24(2)20(19(14-29)23(30-24)17(12-27)13-28)5-3-18-4-6-21(32-18)16(11-26)9-22-15(10-25)7-8-31-22;;;;/h3-7,9H,1-2H3;3*1H3;/b5-3+,16-9+;;;;. The van der Waals surface area contributed by atoms with Crippen molar-refractivity contribution in [2.45, 2.75) is 34.3 Å². The quantitative estimate of drug-likeness (QED) is 0.290. The molecule has 36 heavy (non-hydrogen) atoms. The van der Waals surface area contributed by atoms with Crippen LogP contribution in [-0.4, -0.2) is 24.0 Å². The first-order chi connectivity index (χ1) is 17.0. The molecule has 2 aromatic rings. The minimum absolute atomic E-state index is 0.00258. The molecule has 1 aliphatic rings. The molecule has 0 atom stereocenters. The zero-order valence-electron chi connectivity index (χ0n) is 20.4. The van der Waals surface area contributed by atoms with Crippen LogP contribution >= 0.6 is 22.7 Å². The molecule has 0 unspecified atom stereocenters. The number of thiophene rings is 2. The van der Waals surface area contributed by atoms with Crippen molar-refractivity contribution in [3.05, 3.63) is 66.9 Å². The molecule has 0 saturated heterocycles. The van der Waals surface area contributed by atoms with Crippen molar-refractivity contribution >= 4 is 61.7 Å². The van der Waals surface area contributed by atoms with E-state index in [1.165, 1.54) is 14.2 Å². The van der Waals surface area contributed by atoms with Crippen LogP contribution in [0, 0.1) is 56.7 Å². The van der Waals surface area contributed by atoms with E-state index in [0.717, 1.165) is 14.6 Å². The van der Waals surface area contributed by atoms with Crippen molar-refractivity contribution < 1.29 is 4.74 Å². The van der Waals surface area contributed by atoms with Gasteiger partial charge in [-0.25, -0.2) is 0 Å². The summed E-state index contributed by atoms with van der Waals surface area (Å²) in [6, 6.07) is 15.9. The molecular weight excluding hydrogens is 593 g/mol. The van der Waals surface area contributed by atoms with E-state index in [9.17, 15) is 26.3 Å². The molecule has 2 aromatic heterocycles. The fraction of sp³-hybridized carbons (Fsp3) is 0.222. The van der Waals surface area contributed by atoms with E-state index in [4.69, 9.17) is 4.74 Å². The van der Waals surface area contributed by atoms with Gasteiger partial charge in [0, 0.05) is 0 Å². The maximum absolute atomic E-state index is 9.83. The van der Waals surface area contributed by atoms with Gasteiger partial charge in [-0.05, 0) is 13.8 Å². The molecule has 0 amide bonds. The SMILES string of the molecule is CC1(C)OC(=C(C#N)C#N)C(C#N)=C1/C=C/c1ccc(/C(C#N)=C/c2s[c]([Sn]([CH3])([CH3])[CH3])cc2C#N)s1. The summed E-state index contributed by atoms with van der Waals surface area (Å²) < 4.78 is 7.07. The van der Waals surface area contributed by atoms with Gasteiger partial charge in [-0.3, -0.25) is 0 Å². The molecule has 1 aliphatic heterocycles. The summed E-state index contributed by atoms with van der Waals surface area (Å²) in [6.45, 7) is 3.54. The Morgan fingerprint density at radius 2 is 1.64 bits per heavy atom. The van der Waals surface area contributed by atoms with Gasteiger partial charge in [0.2, 0.25) is 0 Å². The zero-order valence-corrected chi connectivity index (χ0v) is 24.9. The predicted molar refractivity (Wildman–Crippen MR) is 145 cm³/mol. The first-order valence-corrected chi connectivity index (χ1v) is 22.4.